The number of halogens is 2. The van der Waals surface area contributed by atoms with Gasteiger partial charge in [-0.3, -0.25) is 0 Å². The third-order valence-corrected chi connectivity index (χ3v) is 5.69. The second-order valence-electron chi connectivity index (χ2n) is 4.93. The predicted octanol–water partition coefficient (Wildman–Crippen LogP) is 3.27. The van der Waals surface area contributed by atoms with E-state index in [0.717, 1.165) is 17.2 Å². The van der Waals surface area contributed by atoms with Crippen LogP contribution in [-0.2, 0) is 29.0 Å². The van der Waals surface area contributed by atoms with Crippen LogP contribution < -0.4 is 0 Å². The van der Waals surface area contributed by atoms with Crippen molar-refractivity contribution in [2.75, 3.05) is 0 Å². The molecule has 0 spiro atoms. The van der Waals surface area contributed by atoms with E-state index >= 15 is 0 Å². The number of rotatable bonds is 3. The van der Waals surface area contributed by atoms with Gasteiger partial charge in [0.1, 0.15) is 5.82 Å². The molecule has 1 heterocycles. The highest BCUT2D eigenvalue weighted by Gasteiger charge is 2.30. The molecule has 2 aromatic carbocycles. The second kappa shape index (κ2) is 5.40. The van der Waals surface area contributed by atoms with Crippen molar-refractivity contribution < 1.29 is 12.8 Å². The van der Waals surface area contributed by atoms with Gasteiger partial charge in [-0.1, -0.05) is 24.3 Å². The summed E-state index contributed by atoms with van der Waals surface area (Å²) in [5.41, 5.74) is 2.19. The van der Waals surface area contributed by atoms with Crippen LogP contribution in [0.5, 0.6) is 0 Å². The smallest absolute Gasteiger partial charge is 0.207 e. The maximum absolute atomic E-state index is 13.5. The number of fused-ring (bicyclic) bond motifs is 1. The summed E-state index contributed by atoms with van der Waals surface area (Å²) in [5, 5.41) is 0. The average Bonchev–Trinajstić information content (AvgIpc) is 2.92. The number of sulfonamides is 1. The van der Waals surface area contributed by atoms with Gasteiger partial charge in [-0.15, -0.1) is 11.6 Å². The Labute approximate surface area is 128 Å². The van der Waals surface area contributed by atoms with Crippen LogP contribution in [-0.4, -0.2) is 12.7 Å². The summed E-state index contributed by atoms with van der Waals surface area (Å²) < 4.78 is 40.1. The molecule has 110 valence electrons. The van der Waals surface area contributed by atoms with Gasteiger partial charge in [0.05, 0.1) is 10.8 Å². The van der Waals surface area contributed by atoms with Crippen LogP contribution in [0.3, 0.4) is 0 Å². The lowest BCUT2D eigenvalue weighted by molar-refractivity contribution is 0.431. The molecule has 0 bridgehead atoms. The number of nitrogens with zero attached hydrogens (tertiary/aromatic N) is 1. The first-order valence-electron chi connectivity index (χ1n) is 6.43. The first-order valence-corrected chi connectivity index (χ1v) is 8.41. The summed E-state index contributed by atoms with van der Waals surface area (Å²) in [4.78, 5) is 0.0763. The van der Waals surface area contributed by atoms with E-state index in [2.05, 4.69) is 0 Å². The molecule has 2 aromatic rings. The summed E-state index contributed by atoms with van der Waals surface area (Å²) in [6.07, 6.45) is 0. The molecule has 1 aliphatic rings. The minimum absolute atomic E-state index is 0.0601. The topological polar surface area (TPSA) is 37.4 Å². The van der Waals surface area contributed by atoms with Gasteiger partial charge in [0.15, 0.2) is 0 Å². The molecule has 0 radical (unpaired) electrons. The molecule has 0 saturated carbocycles. The molecule has 0 aromatic heterocycles. The van der Waals surface area contributed by atoms with Crippen molar-refractivity contribution in [2.45, 2.75) is 23.9 Å². The van der Waals surface area contributed by atoms with Gasteiger partial charge in [-0.2, -0.15) is 4.31 Å². The molecule has 0 saturated heterocycles. The molecular formula is C15H13ClFNO2S. The Morgan fingerprint density at radius 2 is 1.71 bits per heavy atom. The second-order valence-corrected chi connectivity index (χ2v) is 7.13. The Morgan fingerprint density at radius 3 is 2.29 bits per heavy atom. The highest BCUT2D eigenvalue weighted by Crippen LogP contribution is 2.29. The number of alkyl halides is 1. The van der Waals surface area contributed by atoms with Crippen molar-refractivity contribution in [3.63, 3.8) is 0 Å². The van der Waals surface area contributed by atoms with Crippen molar-refractivity contribution in [1.82, 2.24) is 4.31 Å². The summed E-state index contributed by atoms with van der Waals surface area (Å²) in [7, 11) is -3.65. The number of hydrogen-bond acceptors (Lipinski definition) is 2. The fourth-order valence-electron chi connectivity index (χ4n) is 2.43. The lowest BCUT2D eigenvalue weighted by Gasteiger charge is -2.16. The molecule has 3 rings (SSSR count). The van der Waals surface area contributed by atoms with E-state index in [9.17, 15) is 12.8 Å². The van der Waals surface area contributed by atoms with E-state index < -0.39 is 15.8 Å². The van der Waals surface area contributed by atoms with Crippen molar-refractivity contribution in [3.05, 3.63) is 65.0 Å². The van der Waals surface area contributed by atoms with Crippen molar-refractivity contribution in [1.29, 1.82) is 0 Å². The number of hydrogen-bond donors (Lipinski definition) is 0. The van der Waals surface area contributed by atoms with Gasteiger partial charge in [0.2, 0.25) is 10.0 Å². The normalized spacial score (nSPS) is 15.1. The minimum atomic E-state index is -3.65. The fourth-order valence-corrected chi connectivity index (χ4v) is 4.09. The van der Waals surface area contributed by atoms with E-state index in [1.165, 1.54) is 16.4 Å². The fraction of sp³-hybridized carbons (Fsp3) is 0.200. The van der Waals surface area contributed by atoms with Crippen LogP contribution in [0.25, 0.3) is 0 Å². The van der Waals surface area contributed by atoms with E-state index in [-0.39, 0.29) is 16.3 Å². The molecule has 0 unspecified atom stereocenters. The molecule has 0 atom stereocenters. The lowest BCUT2D eigenvalue weighted by Crippen LogP contribution is -2.25. The average molecular weight is 326 g/mol. The van der Waals surface area contributed by atoms with Crippen molar-refractivity contribution >= 4 is 21.6 Å². The van der Waals surface area contributed by atoms with E-state index in [1.54, 1.807) is 0 Å². The molecule has 3 nitrogen and oxygen atoms in total. The third kappa shape index (κ3) is 2.57. The molecule has 0 amide bonds. The van der Waals surface area contributed by atoms with Crippen LogP contribution in [0.15, 0.2) is 47.4 Å². The Hall–Kier alpha value is -1.43. The van der Waals surface area contributed by atoms with Crippen LogP contribution in [0.4, 0.5) is 4.39 Å². The van der Waals surface area contributed by atoms with Crippen molar-refractivity contribution in [2.24, 2.45) is 0 Å². The quantitative estimate of drug-likeness (QED) is 0.812. The standard InChI is InChI=1S/C15H13ClFNO2S/c16-8-13-7-14(5-6-15(13)17)21(19,20)18-9-11-3-1-2-4-12(11)10-18/h1-7H,8-10H2. The Balaban J connectivity index is 1.96. The SMILES string of the molecule is O=S(=O)(c1ccc(F)c(CCl)c1)N1Cc2ccccc2C1. The third-order valence-electron chi connectivity index (χ3n) is 3.61. The first-order chi connectivity index (χ1) is 10.0. The first kappa shape index (κ1) is 14.5. The number of benzene rings is 2. The van der Waals surface area contributed by atoms with Gasteiger partial charge in [0, 0.05) is 18.7 Å². The van der Waals surface area contributed by atoms with Crippen LogP contribution in [0.1, 0.15) is 16.7 Å². The molecule has 0 aliphatic carbocycles. The Morgan fingerprint density at radius 1 is 1.10 bits per heavy atom. The van der Waals surface area contributed by atoms with Crippen LogP contribution in [0, 0.1) is 5.82 Å². The maximum atomic E-state index is 13.5. The summed E-state index contributed by atoms with van der Waals surface area (Å²) in [6, 6.07) is 11.3. The summed E-state index contributed by atoms with van der Waals surface area (Å²) in [5.74, 6) is -0.552. The van der Waals surface area contributed by atoms with Gasteiger partial charge in [-0.25, -0.2) is 12.8 Å². The van der Waals surface area contributed by atoms with Gasteiger partial charge < -0.3 is 0 Å². The molecule has 0 N–H and O–H groups in total. The van der Waals surface area contributed by atoms with Crippen LogP contribution in [0.2, 0.25) is 0 Å². The lowest BCUT2D eigenvalue weighted by atomic mass is 10.1. The van der Waals surface area contributed by atoms with Crippen LogP contribution >= 0.6 is 11.6 Å². The predicted molar refractivity (Wildman–Crippen MR) is 78.8 cm³/mol. The van der Waals surface area contributed by atoms with E-state index in [0.29, 0.717) is 13.1 Å². The highest BCUT2D eigenvalue weighted by atomic mass is 35.5. The molecule has 21 heavy (non-hydrogen) atoms. The summed E-state index contributed by atoms with van der Waals surface area (Å²) in [6.45, 7) is 0.679. The Kier molecular flexibility index (Phi) is 3.73. The van der Waals surface area contributed by atoms with E-state index in [1.807, 2.05) is 24.3 Å². The van der Waals surface area contributed by atoms with E-state index in [4.69, 9.17) is 11.6 Å². The molecular weight excluding hydrogens is 313 g/mol. The largest absolute Gasteiger partial charge is 0.243 e. The zero-order valence-corrected chi connectivity index (χ0v) is 12.7. The zero-order valence-electron chi connectivity index (χ0n) is 11.1. The monoisotopic (exact) mass is 325 g/mol. The highest BCUT2D eigenvalue weighted by molar-refractivity contribution is 7.89. The maximum Gasteiger partial charge on any atom is 0.243 e. The van der Waals surface area contributed by atoms with Gasteiger partial charge >= 0.3 is 0 Å². The van der Waals surface area contributed by atoms with Gasteiger partial charge in [-0.05, 0) is 29.3 Å². The zero-order chi connectivity index (χ0) is 15.0. The minimum Gasteiger partial charge on any atom is -0.207 e. The Bertz CT molecular complexity index is 767. The molecule has 6 heteroatoms. The molecule has 1 aliphatic heterocycles. The van der Waals surface area contributed by atoms with Gasteiger partial charge in [0.25, 0.3) is 0 Å². The molecule has 0 fully saturated rings. The van der Waals surface area contributed by atoms with Crippen molar-refractivity contribution in [3.8, 4) is 0 Å². The summed E-state index contributed by atoms with van der Waals surface area (Å²) >= 11 is 5.64.